The second-order valence-electron chi connectivity index (χ2n) is 4.17. The highest BCUT2D eigenvalue weighted by molar-refractivity contribution is 5.78. The van der Waals surface area contributed by atoms with Gasteiger partial charge in [0, 0.05) is 6.07 Å². The molecule has 0 N–H and O–H groups in total. The van der Waals surface area contributed by atoms with Gasteiger partial charge in [0.15, 0.2) is 5.43 Å². The summed E-state index contributed by atoms with van der Waals surface area (Å²) in [7, 11) is 1.57. The SMILES string of the molecule is COc1ccc2oc(C3C=CC=C3)cc(=O)c2c1. The zero-order chi connectivity index (χ0) is 12.5. The number of rotatable bonds is 2. The summed E-state index contributed by atoms with van der Waals surface area (Å²) < 4.78 is 10.9. The summed E-state index contributed by atoms with van der Waals surface area (Å²) in [6.45, 7) is 0. The Kier molecular flexibility index (Phi) is 2.52. The van der Waals surface area contributed by atoms with E-state index in [0.717, 1.165) is 0 Å². The van der Waals surface area contributed by atoms with Crippen molar-refractivity contribution in [1.82, 2.24) is 0 Å². The number of allylic oxidation sites excluding steroid dienone is 4. The van der Waals surface area contributed by atoms with E-state index in [-0.39, 0.29) is 11.3 Å². The minimum Gasteiger partial charge on any atom is -0.497 e. The molecule has 0 saturated carbocycles. The first-order chi connectivity index (χ1) is 8.78. The molecule has 90 valence electrons. The summed E-state index contributed by atoms with van der Waals surface area (Å²) in [4.78, 5) is 12.1. The van der Waals surface area contributed by atoms with Crippen LogP contribution in [0.15, 0.2) is 57.8 Å². The number of hydrogen-bond acceptors (Lipinski definition) is 3. The summed E-state index contributed by atoms with van der Waals surface area (Å²) in [5.74, 6) is 1.38. The minimum absolute atomic E-state index is 0.0427. The van der Waals surface area contributed by atoms with Crippen LogP contribution >= 0.6 is 0 Å². The number of methoxy groups -OCH3 is 1. The lowest BCUT2D eigenvalue weighted by atomic mass is 10.1. The van der Waals surface area contributed by atoms with Gasteiger partial charge >= 0.3 is 0 Å². The molecule has 0 aliphatic heterocycles. The number of benzene rings is 1. The molecule has 1 aliphatic rings. The maximum Gasteiger partial charge on any atom is 0.193 e. The molecule has 1 aliphatic carbocycles. The van der Waals surface area contributed by atoms with Gasteiger partial charge in [-0.2, -0.15) is 0 Å². The summed E-state index contributed by atoms with van der Waals surface area (Å²) >= 11 is 0. The maximum absolute atomic E-state index is 12.1. The average molecular weight is 240 g/mol. The fraction of sp³-hybridized carbons (Fsp3) is 0.133. The zero-order valence-electron chi connectivity index (χ0n) is 9.92. The lowest BCUT2D eigenvalue weighted by molar-refractivity contribution is 0.415. The topological polar surface area (TPSA) is 39.4 Å². The summed E-state index contributed by atoms with van der Waals surface area (Å²) in [6.07, 6.45) is 7.88. The van der Waals surface area contributed by atoms with Crippen molar-refractivity contribution >= 4 is 11.0 Å². The van der Waals surface area contributed by atoms with E-state index in [4.69, 9.17) is 9.15 Å². The van der Waals surface area contributed by atoms with Gasteiger partial charge in [-0.1, -0.05) is 24.3 Å². The number of ether oxygens (including phenoxy) is 1. The van der Waals surface area contributed by atoms with Gasteiger partial charge in [-0.25, -0.2) is 0 Å². The van der Waals surface area contributed by atoms with Gasteiger partial charge in [-0.15, -0.1) is 0 Å². The minimum atomic E-state index is -0.0427. The van der Waals surface area contributed by atoms with E-state index in [1.54, 1.807) is 31.4 Å². The lowest BCUT2D eigenvalue weighted by Crippen LogP contribution is -2.03. The predicted molar refractivity (Wildman–Crippen MR) is 70.1 cm³/mol. The monoisotopic (exact) mass is 240 g/mol. The molecule has 3 rings (SSSR count). The van der Waals surface area contributed by atoms with Gasteiger partial charge < -0.3 is 9.15 Å². The van der Waals surface area contributed by atoms with E-state index < -0.39 is 0 Å². The van der Waals surface area contributed by atoms with E-state index in [0.29, 0.717) is 22.5 Å². The van der Waals surface area contributed by atoms with Gasteiger partial charge in [0.25, 0.3) is 0 Å². The largest absolute Gasteiger partial charge is 0.497 e. The van der Waals surface area contributed by atoms with Gasteiger partial charge in [0.2, 0.25) is 0 Å². The third-order valence-corrected chi connectivity index (χ3v) is 3.03. The van der Waals surface area contributed by atoms with E-state index in [9.17, 15) is 4.79 Å². The first-order valence-corrected chi connectivity index (χ1v) is 5.75. The van der Waals surface area contributed by atoms with Crippen LogP contribution in [-0.4, -0.2) is 7.11 Å². The Labute approximate surface area is 104 Å². The molecule has 18 heavy (non-hydrogen) atoms. The Morgan fingerprint density at radius 1 is 1.17 bits per heavy atom. The molecule has 2 aromatic rings. The zero-order valence-corrected chi connectivity index (χ0v) is 9.92. The van der Waals surface area contributed by atoms with E-state index >= 15 is 0 Å². The third kappa shape index (κ3) is 1.74. The Bertz CT molecular complexity index is 695. The Morgan fingerprint density at radius 2 is 1.94 bits per heavy atom. The molecular weight excluding hydrogens is 228 g/mol. The van der Waals surface area contributed by atoms with Gasteiger partial charge in [-0.05, 0) is 18.2 Å². The summed E-state index contributed by atoms with van der Waals surface area (Å²) in [5.41, 5.74) is 0.547. The van der Waals surface area contributed by atoms with Gasteiger partial charge in [0.1, 0.15) is 17.1 Å². The van der Waals surface area contributed by atoms with Crippen molar-refractivity contribution < 1.29 is 9.15 Å². The molecule has 3 heteroatoms. The molecule has 0 saturated heterocycles. The van der Waals surface area contributed by atoms with E-state index in [1.165, 1.54) is 0 Å². The molecule has 0 bridgehead atoms. The van der Waals surface area contributed by atoms with Crippen molar-refractivity contribution in [2.45, 2.75) is 5.92 Å². The van der Waals surface area contributed by atoms with Crippen LogP contribution in [0.4, 0.5) is 0 Å². The number of fused-ring (bicyclic) bond motifs is 1. The molecular formula is C15H12O3. The molecule has 0 spiro atoms. The average Bonchev–Trinajstić information content (AvgIpc) is 2.92. The molecule has 1 aromatic heterocycles. The van der Waals surface area contributed by atoms with Crippen LogP contribution in [0.2, 0.25) is 0 Å². The highest BCUT2D eigenvalue weighted by Gasteiger charge is 2.13. The molecule has 0 fully saturated rings. The fourth-order valence-corrected chi connectivity index (χ4v) is 2.07. The van der Waals surface area contributed by atoms with Crippen LogP contribution in [0.1, 0.15) is 11.7 Å². The summed E-state index contributed by atoms with van der Waals surface area (Å²) in [6, 6.07) is 6.80. The molecule has 0 unspecified atom stereocenters. The lowest BCUT2D eigenvalue weighted by Gasteiger charge is -2.07. The smallest absolute Gasteiger partial charge is 0.193 e. The van der Waals surface area contributed by atoms with Crippen molar-refractivity contribution in [3.8, 4) is 5.75 Å². The van der Waals surface area contributed by atoms with E-state index in [1.807, 2.05) is 24.3 Å². The van der Waals surface area contributed by atoms with Crippen LogP contribution < -0.4 is 10.2 Å². The van der Waals surface area contributed by atoms with Crippen LogP contribution in [-0.2, 0) is 0 Å². The number of hydrogen-bond donors (Lipinski definition) is 0. The van der Waals surface area contributed by atoms with Crippen molar-refractivity contribution in [3.63, 3.8) is 0 Å². The Hall–Kier alpha value is -2.29. The van der Waals surface area contributed by atoms with Gasteiger partial charge in [0.05, 0.1) is 18.4 Å². The highest BCUT2D eigenvalue weighted by Crippen LogP contribution is 2.26. The van der Waals surface area contributed by atoms with Crippen LogP contribution in [0.5, 0.6) is 5.75 Å². The predicted octanol–water partition coefficient (Wildman–Crippen LogP) is 3.01. The molecule has 0 radical (unpaired) electrons. The van der Waals surface area contributed by atoms with Crippen molar-refractivity contribution in [1.29, 1.82) is 0 Å². The second-order valence-corrected chi connectivity index (χ2v) is 4.17. The summed E-state index contributed by atoms with van der Waals surface area (Å²) in [5, 5.41) is 0.545. The molecule has 1 aromatic carbocycles. The van der Waals surface area contributed by atoms with Crippen LogP contribution in [0.3, 0.4) is 0 Å². The Balaban J connectivity index is 2.19. The van der Waals surface area contributed by atoms with Crippen molar-refractivity contribution in [2.75, 3.05) is 7.11 Å². The van der Waals surface area contributed by atoms with Crippen LogP contribution in [0, 0.1) is 0 Å². The second kappa shape index (κ2) is 4.18. The molecule has 1 heterocycles. The molecule has 0 atom stereocenters. The first kappa shape index (κ1) is 10.8. The van der Waals surface area contributed by atoms with E-state index in [2.05, 4.69) is 0 Å². The first-order valence-electron chi connectivity index (χ1n) is 5.75. The van der Waals surface area contributed by atoms with Gasteiger partial charge in [-0.3, -0.25) is 4.79 Å². The molecule has 0 amide bonds. The fourth-order valence-electron chi connectivity index (χ4n) is 2.07. The van der Waals surface area contributed by atoms with Crippen molar-refractivity contribution in [3.05, 3.63) is 64.6 Å². The van der Waals surface area contributed by atoms with Crippen LogP contribution in [0.25, 0.3) is 11.0 Å². The maximum atomic E-state index is 12.1. The van der Waals surface area contributed by atoms with Crippen molar-refractivity contribution in [2.24, 2.45) is 0 Å². The highest BCUT2D eigenvalue weighted by atomic mass is 16.5. The standard InChI is InChI=1S/C15H12O3/c1-17-11-6-7-14-12(8-11)13(16)9-15(18-14)10-4-2-3-5-10/h2-10H,1H3. The normalized spacial score (nSPS) is 14.5. The third-order valence-electron chi connectivity index (χ3n) is 3.03. The quantitative estimate of drug-likeness (QED) is 0.810. The molecule has 3 nitrogen and oxygen atoms in total. The Morgan fingerprint density at radius 3 is 2.67 bits per heavy atom.